The van der Waals surface area contributed by atoms with Crippen molar-refractivity contribution in [3.63, 3.8) is 0 Å². The molecule has 3 aliphatic rings. The van der Waals surface area contributed by atoms with E-state index in [0.717, 1.165) is 5.92 Å². The molecule has 118 valence electrons. The van der Waals surface area contributed by atoms with Gasteiger partial charge in [0.1, 0.15) is 12.1 Å². The molecular formula is C16H26N2O3. The van der Waals surface area contributed by atoms with E-state index in [9.17, 15) is 9.59 Å². The smallest absolute Gasteiger partial charge is 0.410 e. The van der Waals surface area contributed by atoms with E-state index in [2.05, 4.69) is 0 Å². The van der Waals surface area contributed by atoms with Gasteiger partial charge >= 0.3 is 6.09 Å². The van der Waals surface area contributed by atoms with Crippen LogP contribution in [0.1, 0.15) is 46.5 Å². The number of piperazine rings is 1. The molecule has 1 aliphatic heterocycles. The van der Waals surface area contributed by atoms with Gasteiger partial charge in [-0.1, -0.05) is 6.42 Å². The Bertz CT molecular complexity index is 443. The zero-order chi connectivity index (χ0) is 15.2. The highest BCUT2D eigenvalue weighted by Crippen LogP contribution is 2.46. The van der Waals surface area contributed by atoms with Crippen molar-refractivity contribution in [2.45, 2.75) is 58.1 Å². The van der Waals surface area contributed by atoms with Crippen LogP contribution < -0.4 is 0 Å². The van der Waals surface area contributed by atoms with Crippen molar-refractivity contribution >= 4 is 12.0 Å². The molecule has 2 amide bonds. The van der Waals surface area contributed by atoms with Gasteiger partial charge in [-0.25, -0.2) is 4.79 Å². The normalized spacial score (nSPS) is 32.7. The van der Waals surface area contributed by atoms with Gasteiger partial charge in [0, 0.05) is 19.1 Å². The van der Waals surface area contributed by atoms with E-state index in [-0.39, 0.29) is 18.5 Å². The molecule has 0 aromatic rings. The number of rotatable bonds is 1. The zero-order valence-corrected chi connectivity index (χ0v) is 13.3. The molecule has 1 saturated heterocycles. The minimum atomic E-state index is -0.512. The Morgan fingerprint density at radius 2 is 1.95 bits per heavy atom. The summed E-state index contributed by atoms with van der Waals surface area (Å²) in [5.74, 6) is 1.62. The monoisotopic (exact) mass is 294 g/mol. The molecule has 0 N–H and O–H groups in total. The Balaban J connectivity index is 1.57. The summed E-state index contributed by atoms with van der Waals surface area (Å²) in [6.45, 7) is 6.96. The summed E-state index contributed by atoms with van der Waals surface area (Å²) in [7, 11) is 0. The van der Waals surface area contributed by atoms with E-state index < -0.39 is 5.60 Å². The second kappa shape index (κ2) is 5.18. The Morgan fingerprint density at radius 3 is 2.48 bits per heavy atom. The summed E-state index contributed by atoms with van der Waals surface area (Å²) in [6.07, 6.45) is 4.71. The van der Waals surface area contributed by atoms with Crippen LogP contribution in [-0.2, 0) is 9.53 Å². The topological polar surface area (TPSA) is 49.9 Å². The molecule has 3 fully saturated rings. The Kier molecular flexibility index (Phi) is 3.62. The first kappa shape index (κ1) is 14.7. The second-order valence-corrected chi connectivity index (χ2v) is 7.73. The highest BCUT2D eigenvalue weighted by Gasteiger charge is 2.45. The molecular weight excluding hydrogens is 268 g/mol. The SMILES string of the molecule is CC(C)(C)OC(=O)N1CCN(C2CC3CCC2C3)C(=O)C1. The van der Waals surface area contributed by atoms with Crippen molar-refractivity contribution in [3.8, 4) is 0 Å². The first-order valence-electron chi connectivity index (χ1n) is 8.11. The predicted octanol–water partition coefficient (Wildman–Crippen LogP) is 2.25. The third kappa shape index (κ3) is 3.01. The first-order chi connectivity index (χ1) is 9.83. The van der Waals surface area contributed by atoms with Crippen LogP contribution in [0.3, 0.4) is 0 Å². The van der Waals surface area contributed by atoms with Gasteiger partial charge in [-0.3, -0.25) is 9.69 Å². The van der Waals surface area contributed by atoms with Gasteiger partial charge in [-0.05, 0) is 51.9 Å². The van der Waals surface area contributed by atoms with E-state index in [1.165, 1.54) is 30.6 Å². The number of hydrogen-bond donors (Lipinski definition) is 0. The molecule has 5 nitrogen and oxygen atoms in total. The van der Waals surface area contributed by atoms with Crippen molar-refractivity contribution in [2.24, 2.45) is 11.8 Å². The fraction of sp³-hybridized carbons (Fsp3) is 0.875. The number of carbonyl (C=O) groups is 2. The molecule has 1 heterocycles. The van der Waals surface area contributed by atoms with Gasteiger partial charge in [0.15, 0.2) is 0 Å². The zero-order valence-electron chi connectivity index (χ0n) is 13.3. The molecule has 2 bridgehead atoms. The van der Waals surface area contributed by atoms with Crippen LogP contribution in [0.25, 0.3) is 0 Å². The molecule has 0 aromatic carbocycles. The van der Waals surface area contributed by atoms with Gasteiger partial charge in [-0.2, -0.15) is 0 Å². The lowest BCUT2D eigenvalue weighted by molar-refractivity contribution is -0.139. The Labute approximate surface area is 126 Å². The summed E-state index contributed by atoms with van der Waals surface area (Å²) in [5.41, 5.74) is -0.512. The average molecular weight is 294 g/mol. The van der Waals surface area contributed by atoms with Gasteiger partial charge in [-0.15, -0.1) is 0 Å². The summed E-state index contributed by atoms with van der Waals surface area (Å²) in [4.78, 5) is 28.0. The highest BCUT2D eigenvalue weighted by molar-refractivity contribution is 5.84. The number of nitrogens with zero attached hydrogens (tertiary/aromatic N) is 2. The number of fused-ring (bicyclic) bond motifs is 2. The molecule has 2 saturated carbocycles. The maximum absolute atomic E-state index is 12.4. The minimum absolute atomic E-state index is 0.0876. The third-order valence-electron chi connectivity index (χ3n) is 5.01. The van der Waals surface area contributed by atoms with E-state index in [4.69, 9.17) is 4.74 Å². The van der Waals surface area contributed by atoms with Crippen LogP contribution in [0, 0.1) is 11.8 Å². The maximum Gasteiger partial charge on any atom is 0.410 e. The van der Waals surface area contributed by atoms with Crippen molar-refractivity contribution in [1.29, 1.82) is 0 Å². The number of hydrogen-bond acceptors (Lipinski definition) is 3. The van der Waals surface area contributed by atoms with Crippen LogP contribution in [0.15, 0.2) is 0 Å². The summed E-state index contributed by atoms with van der Waals surface area (Å²) < 4.78 is 5.35. The number of amides is 2. The van der Waals surface area contributed by atoms with E-state index in [1.54, 1.807) is 0 Å². The lowest BCUT2D eigenvalue weighted by Crippen LogP contribution is -2.57. The van der Waals surface area contributed by atoms with Crippen LogP contribution in [0.4, 0.5) is 4.79 Å². The van der Waals surface area contributed by atoms with Crippen LogP contribution >= 0.6 is 0 Å². The molecule has 21 heavy (non-hydrogen) atoms. The lowest BCUT2D eigenvalue weighted by atomic mass is 9.93. The molecule has 3 atom stereocenters. The predicted molar refractivity (Wildman–Crippen MR) is 78.8 cm³/mol. The van der Waals surface area contributed by atoms with E-state index in [1.807, 2.05) is 25.7 Å². The van der Waals surface area contributed by atoms with E-state index in [0.29, 0.717) is 25.0 Å². The molecule has 0 aromatic heterocycles. The van der Waals surface area contributed by atoms with Crippen molar-refractivity contribution < 1.29 is 14.3 Å². The van der Waals surface area contributed by atoms with Crippen molar-refractivity contribution in [1.82, 2.24) is 9.80 Å². The molecule has 0 radical (unpaired) electrons. The van der Waals surface area contributed by atoms with Crippen molar-refractivity contribution in [2.75, 3.05) is 19.6 Å². The second-order valence-electron chi connectivity index (χ2n) is 7.73. The fourth-order valence-electron chi connectivity index (χ4n) is 4.11. The summed E-state index contributed by atoms with van der Waals surface area (Å²) in [5, 5.41) is 0. The third-order valence-corrected chi connectivity index (χ3v) is 5.01. The van der Waals surface area contributed by atoms with Crippen LogP contribution in [0.5, 0.6) is 0 Å². The lowest BCUT2D eigenvalue weighted by Gasteiger charge is -2.40. The largest absolute Gasteiger partial charge is 0.444 e. The number of carbonyl (C=O) groups excluding carboxylic acids is 2. The first-order valence-corrected chi connectivity index (χ1v) is 8.11. The Hall–Kier alpha value is -1.26. The minimum Gasteiger partial charge on any atom is -0.444 e. The van der Waals surface area contributed by atoms with E-state index >= 15 is 0 Å². The number of ether oxygens (including phenoxy) is 1. The van der Waals surface area contributed by atoms with Crippen LogP contribution in [-0.4, -0.2) is 53.1 Å². The van der Waals surface area contributed by atoms with Gasteiger partial charge in [0.2, 0.25) is 5.91 Å². The summed E-state index contributed by atoms with van der Waals surface area (Å²) in [6, 6.07) is 0.428. The molecule has 2 aliphatic carbocycles. The summed E-state index contributed by atoms with van der Waals surface area (Å²) >= 11 is 0. The highest BCUT2D eigenvalue weighted by atomic mass is 16.6. The fourth-order valence-corrected chi connectivity index (χ4v) is 4.11. The quantitative estimate of drug-likeness (QED) is 0.745. The molecule has 0 spiro atoms. The van der Waals surface area contributed by atoms with Crippen molar-refractivity contribution in [3.05, 3.63) is 0 Å². The average Bonchev–Trinajstić information content (AvgIpc) is 2.98. The van der Waals surface area contributed by atoms with Gasteiger partial charge < -0.3 is 9.64 Å². The van der Waals surface area contributed by atoms with Crippen LogP contribution in [0.2, 0.25) is 0 Å². The molecule has 3 unspecified atom stereocenters. The molecule has 3 rings (SSSR count). The Morgan fingerprint density at radius 1 is 1.19 bits per heavy atom. The van der Waals surface area contributed by atoms with Gasteiger partial charge in [0.25, 0.3) is 0 Å². The van der Waals surface area contributed by atoms with Gasteiger partial charge in [0.05, 0.1) is 0 Å². The molecule has 5 heteroatoms. The maximum atomic E-state index is 12.4. The standard InChI is InChI=1S/C16H26N2O3/c1-16(2,3)21-15(20)17-6-7-18(14(19)10-17)13-9-11-4-5-12(13)8-11/h11-13H,4-10H2,1-3H3.